The van der Waals surface area contributed by atoms with E-state index in [1.165, 1.54) is 15.6 Å². The Bertz CT molecular complexity index is 1620. The molecule has 0 saturated carbocycles. The highest BCUT2D eigenvalue weighted by Crippen LogP contribution is 2.35. The Morgan fingerprint density at radius 2 is 1.77 bits per heavy atom. The zero-order valence-electron chi connectivity index (χ0n) is 22.5. The van der Waals surface area contributed by atoms with Crippen molar-refractivity contribution in [3.8, 4) is 0 Å². The van der Waals surface area contributed by atoms with E-state index in [2.05, 4.69) is 5.10 Å². The number of nitrogens with zero attached hydrogens (tertiary/aromatic N) is 5. The number of benzene rings is 2. The van der Waals surface area contributed by atoms with E-state index in [0.29, 0.717) is 49.2 Å². The number of piperidine rings is 1. The van der Waals surface area contributed by atoms with Crippen LogP contribution in [0.2, 0.25) is 5.02 Å². The highest BCUT2D eigenvalue weighted by atomic mass is 35.5. The molecule has 206 valence electrons. The molecule has 5 rings (SSSR count). The molecule has 8 nitrogen and oxygen atoms in total. The molecule has 1 amide bonds. The standard InChI is InChI=1S/C28H32ClN5O3S2/c1-18-5-7-24(8-6-18)39(36,37)32-11-9-22(10-12-32)27(35)33(13-14-34-21(4)16-20(3)31-34)28-30-26-19(2)15-23(29)17-25(26)38-28/h5-8,15-17,22H,9-14H2,1-4H3. The average molecular weight is 586 g/mol. The van der Waals surface area contributed by atoms with Gasteiger partial charge in [0.05, 0.1) is 27.4 Å². The summed E-state index contributed by atoms with van der Waals surface area (Å²) in [6, 6.07) is 12.7. The van der Waals surface area contributed by atoms with Crippen LogP contribution in [-0.2, 0) is 21.4 Å². The molecule has 1 saturated heterocycles. The van der Waals surface area contributed by atoms with Crippen LogP contribution in [0.3, 0.4) is 0 Å². The predicted molar refractivity (Wildman–Crippen MR) is 156 cm³/mol. The van der Waals surface area contributed by atoms with E-state index in [0.717, 1.165) is 32.7 Å². The minimum Gasteiger partial charge on any atom is -0.286 e. The highest BCUT2D eigenvalue weighted by Gasteiger charge is 2.35. The number of carbonyl (C=O) groups excluding carboxylic acids is 1. The Morgan fingerprint density at radius 1 is 1.08 bits per heavy atom. The number of amides is 1. The zero-order chi connectivity index (χ0) is 27.9. The van der Waals surface area contributed by atoms with Crippen LogP contribution in [0, 0.1) is 33.6 Å². The van der Waals surface area contributed by atoms with Gasteiger partial charge in [-0.05, 0) is 76.4 Å². The molecule has 1 fully saturated rings. The lowest BCUT2D eigenvalue weighted by atomic mass is 9.96. The molecular weight excluding hydrogens is 554 g/mol. The maximum Gasteiger partial charge on any atom is 0.243 e. The monoisotopic (exact) mass is 585 g/mol. The van der Waals surface area contributed by atoms with Gasteiger partial charge in [0.1, 0.15) is 0 Å². The number of hydrogen-bond acceptors (Lipinski definition) is 6. The quantitative estimate of drug-likeness (QED) is 0.285. The summed E-state index contributed by atoms with van der Waals surface area (Å²) in [5.74, 6) is -0.335. The van der Waals surface area contributed by atoms with Crippen LogP contribution in [-0.4, -0.2) is 53.0 Å². The molecule has 4 aromatic rings. The van der Waals surface area contributed by atoms with Gasteiger partial charge in [-0.2, -0.15) is 9.40 Å². The summed E-state index contributed by atoms with van der Waals surface area (Å²) in [6.07, 6.45) is 0.909. The van der Waals surface area contributed by atoms with Crippen LogP contribution in [0.25, 0.3) is 10.2 Å². The Kier molecular flexibility index (Phi) is 7.83. The second kappa shape index (κ2) is 11.0. The predicted octanol–water partition coefficient (Wildman–Crippen LogP) is 5.51. The Labute approximate surface area is 238 Å². The van der Waals surface area contributed by atoms with Crippen molar-refractivity contribution in [1.29, 1.82) is 0 Å². The fourth-order valence-electron chi connectivity index (χ4n) is 5.08. The maximum atomic E-state index is 14.0. The number of anilines is 1. The average Bonchev–Trinajstić information content (AvgIpc) is 3.46. The first-order valence-corrected chi connectivity index (χ1v) is 15.6. The van der Waals surface area contributed by atoms with E-state index >= 15 is 0 Å². The number of rotatable bonds is 7. The third kappa shape index (κ3) is 5.75. The summed E-state index contributed by atoms with van der Waals surface area (Å²) in [6.45, 7) is 9.37. The molecule has 0 radical (unpaired) electrons. The minimum absolute atomic E-state index is 0.0354. The van der Waals surface area contributed by atoms with Gasteiger partial charge >= 0.3 is 0 Å². The SMILES string of the molecule is Cc1ccc(S(=O)(=O)N2CCC(C(=O)N(CCn3nc(C)cc3C)c3nc4c(C)cc(Cl)cc4s3)CC2)cc1. The molecule has 2 aromatic heterocycles. The van der Waals surface area contributed by atoms with Crippen molar-refractivity contribution in [3.63, 3.8) is 0 Å². The smallest absolute Gasteiger partial charge is 0.243 e. The topological polar surface area (TPSA) is 88.4 Å². The second-order valence-corrected chi connectivity index (χ2v) is 13.6. The molecule has 2 aromatic carbocycles. The molecule has 0 unspecified atom stereocenters. The van der Waals surface area contributed by atoms with Gasteiger partial charge in [0, 0.05) is 36.3 Å². The van der Waals surface area contributed by atoms with Gasteiger partial charge in [0.2, 0.25) is 15.9 Å². The molecule has 3 heterocycles. The fourth-order valence-corrected chi connectivity index (χ4v) is 8.00. The molecule has 0 bridgehead atoms. The van der Waals surface area contributed by atoms with Gasteiger partial charge in [-0.3, -0.25) is 14.4 Å². The lowest BCUT2D eigenvalue weighted by Crippen LogP contribution is -2.45. The van der Waals surface area contributed by atoms with Crippen molar-refractivity contribution < 1.29 is 13.2 Å². The van der Waals surface area contributed by atoms with E-state index in [1.54, 1.807) is 29.2 Å². The van der Waals surface area contributed by atoms with Crippen LogP contribution in [0.15, 0.2) is 47.4 Å². The molecule has 0 atom stereocenters. The third-order valence-electron chi connectivity index (χ3n) is 7.24. The Balaban J connectivity index is 1.37. The Hall–Kier alpha value is -2.79. The van der Waals surface area contributed by atoms with Crippen LogP contribution >= 0.6 is 22.9 Å². The van der Waals surface area contributed by atoms with Gasteiger partial charge < -0.3 is 0 Å². The number of aryl methyl sites for hydroxylation is 4. The third-order valence-corrected chi connectivity index (χ3v) is 10.4. The first-order valence-electron chi connectivity index (χ1n) is 13.0. The molecule has 11 heteroatoms. The van der Waals surface area contributed by atoms with Crippen molar-refractivity contribution in [2.75, 3.05) is 24.5 Å². The second-order valence-electron chi connectivity index (χ2n) is 10.2. The summed E-state index contributed by atoms with van der Waals surface area (Å²) in [4.78, 5) is 20.8. The number of thiazole rings is 1. The molecule has 39 heavy (non-hydrogen) atoms. The lowest BCUT2D eigenvalue weighted by molar-refractivity contribution is -0.123. The van der Waals surface area contributed by atoms with Crippen molar-refractivity contribution in [1.82, 2.24) is 19.1 Å². The lowest BCUT2D eigenvalue weighted by Gasteiger charge is -2.33. The zero-order valence-corrected chi connectivity index (χ0v) is 24.9. The van der Waals surface area contributed by atoms with Crippen LogP contribution in [0.1, 0.15) is 35.4 Å². The van der Waals surface area contributed by atoms with Gasteiger partial charge in [-0.15, -0.1) is 0 Å². The van der Waals surface area contributed by atoms with E-state index < -0.39 is 10.0 Å². The van der Waals surface area contributed by atoms with Crippen molar-refractivity contribution in [2.45, 2.75) is 52.0 Å². The molecular formula is C28H32ClN5O3S2. The van der Waals surface area contributed by atoms with E-state index in [1.807, 2.05) is 50.6 Å². The summed E-state index contributed by atoms with van der Waals surface area (Å²) >= 11 is 7.74. The number of aromatic nitrogens is 3. The maximum absolute atomic E-state index is 14.0. The van der Waals surface area contributed by atoms with Crippen LogP contribution in [0.5, 0.6) is 0 Å². The number of hydrogen-bond donors (Lipinski definition) is 0. The summed E-state index contributed by atoms with van der Waals surface area (Å²) in [5, 5.41) is 5.82. The van der Waals surface area contributed by atoms with Crippen LogP contribution in [0.4, 0.5) is 5.13 Å². The summed E-state index contributed by atoms with van der Waals surface area (Å²) in [7, 11) is -3.60. The molecule has 1 aliphatic rings. The van der Waals surface area contributed by atoms with Gasteiger partial charge in [0.15, 0.2) is 5.13 Å². The van der Waals surface area contributed by atoms with Gasteiger partial charge in [-0.1, -0.05) is 40.6 Å². The molecule has 0 aliphatic carbocycles. The summed E-state index contributed by atoms with van der Waals surface area (Å²) in [5.41, 5.74) is 4.76. The van der Waals surface area contributed by atoms with Crippen LogP contribution < -0.4 is 4.90 Å². The van der Waals surface area contributed by atoms with E-state index in [9.17, 15) is 13.2 Å². The van der Waals surface area contributed by atoms with Crippen molar-refractivity contribution >= 4 is 54.2 Å². The number of carbonyl (C=O) groups is 1. The first kappa shape index (κ1) is 27.8. The number of fused-ring (bicyclic) bond motifs is 1. The molecule has 0 N–H and O–H groups in total. The number of sulfonamides is 1. The molecule has 0 spiro atoms. The van der Waals surface area contributed by atoms with Gasteiger partial charge in [0.25, 0.3) is 0 Å². The number of halogens is 1. The largest absolute Gasteiger partial charge is 0.286 e. The Morgan fingerprint density at radius 3 is 2.41 bits per heavy atom. The first-order chi connectivity index (χ1) is 18.5. The summed E-state index contributed by atoms with van der Waals surface area (Å²) < 4.78 is 30.7. The fraction of sp³-hybridized carbons (Fsp3) is 0.393. The van der Waals surface area contributed by atoms with Crippen molar-refractivity contribution in [3.05, 3.63) is 70.0 Å². The minimum atomic E-state index is -3.60. The normalized spacial score (nSPS) is 15.2. The van der Waals surface area contributed by atoms with E-state index in [-0.39, 0.29) is 16.7 Å². The van der Waals surface area contributed by atoms with Gasteiger partial charge in [-0.25, -0.2) is 13.4 Å². The van der Waals surface area contributed by atoms with Crippen molar-refractivity contribution in [2.24, 2.45) is 5.92 Å². The molecule has 1 aliphatic heterocycles. The van der Waals surface area contributed by atoms with E-state index in [4.69, 9.17) is 16.6 Å². The highest BCUT2D eigenvalue weighted by molar-refractivity contribution is 7.89.